The Kier molecular flexibility index (Phi) is 9.76. The van der Waals surface area contributed by atoms with Gasteiger partial charge in [0.1, 0.15) is 11.6 Å². The molecule has 7 nitrogen and oxygen atoms in total. The van der Waals surface area contributed by atoms with Gasteiger partial charge >= 0.3 is 0 Å². The zero-order chi connectivity index (χ0) is 22.3. The smallest absolute Gasteiger partial charge is 0.191 e. The Morgan fingerprint density at radius 1 is 1.27 bits per heavy atom. The largest absolute Gasteiger partial charge is 0.490 e. The topological polar surface area (TPSA) is 76.4 Å². The van der Waals surface area contributed by atoms with Crippen LogP contribution in [0.3, 0.4) is 0 Å². The minimum absolute atomic E-state index is 0. The number of aliphatic imine (C=N–C) groups is 1. The summed E-state index contributed by atoms with van der Waals surface area (Å²) in [5.41, 5.74) is 0.857. The molecule has 0 bridgehead atoms. The number of nitrogens with zero attached hydrogens (tertiary/aromatic N) is 4. The summed E-state index contributed by atoms with van der Waals surface area (Å²) >= 11 is 0. The zero-order valence-corrected chi connectivity index (χ0v) is 22.0. The zero-order valence-electron chi connectivity index (χ0n) is 19.6. The molecule has 1 aliphatic heterocycles. The van der Waals surface area contributed by atoms with Gasteiger partial charge in [0.15, 0.2) is 17.5 Å². The van der Waals surface area contributed by atoms with Gasteiger partial charge in [-0.2, -0.15) is 0 Å². The molecule has 2 aromatic rings. The number of guanidine groups is 1. The Bertz CT molecular complexity index is 930. The fourth-order valence-electron chi connectivity index (χ4n) is 4.06. The van der Waals surface area contributed by atoms with E-state index in [0.29, 0.717) is 24.2 Å². The molecule has 1 unspecified atom stereocenters. The van der Waals surface area contributed by atoms with E-state index in [1.165, 1.54) is 32.1 Å². The molecular formula is C24H36FIN6O. The first-order valence-electron chi connectivity index (χ1n) is 11.9. The predicted octanol–water partition coefficient (Wildman–Crippen LogP) is 4.41. The Morgan fingerprint density at radius 2 is 2.12 bits per heavy atom. The Morgan fingerprint density at radius 3 is 2.88 bits per heavy atom. The minimum Gasteiger partial charge on any atom is -0.490 e. The molecule has 33 heavy (non-hydrogen) atoms. The number of fused-ring (bicyclic) bond motifs is 1. The molecule has 0 amide bonds. The van der Waals surface area contributed by atoms with Gasteiger partial charge in [0, 0.05) is 33.0 Å². The third-order valence-corrected chi connectivity index (χ3v) is 6.26. The second-order valence-corrected chi connectivity index (χ2v) is 8.91. The van der Waals surface area contributed by atoms with Crippen molar-refractivity contribution in [2.45, 2.75) is 70.9 Å². The Hall–Kier alpha value is -1.91. The highest BCUT2D eigenvalue weighted by Crippen LogP contribution is 2.30. The molecular weight excluding hydrogens is 534 g/mol. The van der Waals surface area contributed by atoms with Crippen LogP contribution in [-0.4, -0.2) is 40.9 Å². The molecule has 0 radical (unpaired) electrons. The van der Waals surface area contributed by atoms with Crippen molar-refractivity contribution >= 4 is 29.9 Å². The molecule has 4 rings (SSSR count). The third-order valence-electron chi connectivity index (χ3n) is 6.26. The van der Waals surface area contributed by atoms with E-state index in [2.05, 4.69) is 30.4 Å². The van der Waals surface area contributed by atoms with E-state index >= 15 is 0 Å². The molecule has 1 saturated carbocycles. The van der Waals surface area contributed by atoms with Gasteiger partial charge in [-0.15, -0.1) is 34.2 Å². The minimum atomic E-state index is -0.313. The summed E-state index contributed by atoms with van der Waals surface area (Å²) in [4.78, 5) is 4.31. The lowest BCUT2D eigenvalue weighted by atomic mass is 10.1. The van der Waals surface area contributed by atoms with E-state index < -0.39 is 0 Å². The number of nitrogens with one attached hydrogen (secondary N) is 2. The number of benzene rings is 1. The molecule has 1 aromatic heterocycles. The standard InChI is InChI=1S/C24H35FN6O.HI/c1-17(19-11-12-21(20(25)15-19)32-16-18-9-10-18)28-24(26-2)27-13-6-8-23-30-29-22-7-4-3-5-14-31(22)23;/h11-12,15,17-18H,3-10,13-14,16H2,1-2H3,(H2,26,27,28);1H. The van der Waals surface area contributed by atoms with E-state index in [9.17, 15) is 4.39 Å². The molecule has 2 N–H and O–H groups in total. The number of hydrogen-bond donors (Lipinski definition) is 2. The van der Waals surface area contributed by atoms with Crippen LogP contribution in [0.5, 0.6) is 5.75 Å². The van der Waals surface area contributed by atoms with Crippen LogP contribution in [0.4, 0.5) is 4.39 Å². The molecule has 2 aliphatic rings. The van der Waals surface area contributed by atoms with Crippen LogP contribution in [0.15, 0.2) is 23.2 Å². The fraction of sp³-hybridized carbons (Fsp3) is 0.625. The summed E-state index contributed by atoms with van der Waals surface area (Å²) in [6.07, 6.45) is 8.92. The van der Waals surface area contributed by atoms with Crippen molar-refractivity contribution in [3.63, 3.8) is 0 Å². The van der Waals surface area contributed by atoms with E-state index in [-0.39, 0.29) is 35.8 Å². The van der Waals surface area contributed by atoms with Crippen LogP contribution >= 0.6 is 24.0 Å². The average Bonchev–Trinajstić information content (AvgIpc) is 3.59. The SMILES string of the molecule is CN=C(NCCCc1nnc2n1CCCCC2)NC(C)c1ccc(OCC2CC2)c(F)c1.I. The number of rotatable bonds is 9. The van der Waals surface area contributed by atoms with Crippen LogP contribution in [0.25, 0.3) is 0 Å². The van der Waals surface area contributed by atoms with Gasteiger partial charge in [-0.05, 0) is 62.6 Å². The second kappa shape index (κ2) is 12.5. The maximum Gasteiger partial charge on any atom is 0.191 e. The van der Waals surface area contributed by atoms with Crippen molar-refractivity contribution in [2.24, 2.45) is 10.9 Å². The van der Waals surface area contributed by atoms with Crippen molar-refractivity contribution in [1.82, 2.24) is 25.4 Å². The highest BCUT2D eigenvalue weighted by atomic mass is 127. The molecule has 0 spiro atoms. The molecule has 1 fully saturated rings. The first kappa shape index (κ1) is 25.7. The van der Waals surface area contributed by atoms with Gasteiger partial charge in [0.2, 0.25) is 0 Å². The van der Waals surface area contributed by atoms with Crippen molar-refractivity contribution in [2.75, 3.05) is 20.2 Å². The number of ether oxygens (including phenoxy) is 1. The summed E-state index contributed by atoms with van der Waals surface area (Å²) in [7, 11) is 1.75. The molecule has 1 aromatic carbocycles. The van der Waals surface area contributed by atoms with Gasteiger partial charge in [-0.1, -0.05) is 12.5 Å². The highest BCUT2D eigenvalue weighted by molar-refractivity contribution is 14.0. The molecule has 1 atom stereocenters. The van der Waals surface area contributed by atoms with Crippen LogP contribution in [0.1, 0.15) is 68.7 Å². The number of hydrogen-bond acceptors (Lipinski definition) is 4. The van der Waals surface area contributed by atoms with E-state index in [1.54, 1.807) is 19.2 Å². The molecule has 1 aliphatic carbocycles. The molecule has 2 heterocycles. The van der Waals surface area contributed by atoms with E-state index in [1.807, 2.05) is 13.0 Å². The van der Waals surface area contributed by atoms with Gasteiger partial charge < -0.3 is 19.9 Å². The van der Waals surface area contributed by atoms with Crippen molar-refractivity contribution in [1.29, 1.82) is 0 Å². The third kappa shape index (κ3) is 7.28. The Balaban J connectivity index is 0.00000306. The normalized spacial score (nSPS) is 16.9. The lowest BCUT2D eigenvalue weighted by Crippen LogP contribution is -2.39. The van der Waals surface area contributed by atoms with Crippen LogP contribution < -0.4 is 15.4 Å². The van der Waals surface area contributed by atoms with Crippen molar-refractivity contribution < 1.29 is 9.13 Å². The first-order chi connectivity index (χ1) is 15.6. The van der Waals surface area contributed by atoms with Gasteiger partial charge in [0.05, 0.1) is 12.6 Å². The fourth-order valence-corrected chi connectivity index (χ4v) is 4.06. The van der Waals surface area contributed by atoms with Crippen molar-refractivity contribution in [3.05, 3.63) is 41.2 Å². The number of aryl methyl sites for hydroxylation is 2. The lowest BCUT2D eigenvalue weighted by Gasteiger charge is -2.19. The Labute approximate surface area is 213 Å². The quantitative estimate of drug-likeness (QED) is 0.202. The number of aromatic nitrogens is 3. The molecule has 182 valence electrons. The monoisotopic (exact) mass is 570 g/mol. The summed E-state index contributed by atoms with van der Waals surface area (Å²) in [5.74, 6) is 3.54. The van der Waals surface area contributed by atoms with Gasteiger partial charge in [-0.25, -0.2) is 4.39 Å². The molecule has 0 saturated heterocycles. The van der Waals surface area contributed by atoms with Crippen molar-refractivity contribution in [3.8, 4) is 5.75 Å². The first-order valence-corrected chi connectivity index (χ1v) is 11.9. The van der Waals surface area contributed by atoms with E-state index in [4.69, 9.17) is 4.74 Å². The summed E-state index contributed by atoms with van der Waals surface area (Å²) in [5, 5.41) is 15.5. The lowest BCUT2D eigenvalue weighted by molar-refractivity contribution is 0.285. The summed E-state index contributed by atoms with van der Waals surface area (Å²) in [6, 6.07) is 5.10. The van der Waals surface area contributed by atoms with E-state index in [0.717, 1.165) is 49.6 Å². The van der Waals surface area contributed by atoms with Crippen LogP contribution in [0.2, 0.25) is 0 Å². The van der Waals surface area contributed by atoms with Gasteiger partial charge in [0.25, 0.3) is 0 Å². The average molecular weight is 570 g/mol. The highest BCUT2D eigenvalue weighted by Gasteiger charge is 2.22. The molecule has 9 heteroatoms. The maximum atomic E-state index is 14.4. The second-order valence-electron chi connectivity index (χ2n) is 8.91. The maximum absolute atomic E-state index is 14.4. The van der Waals surface area contributed by atoms with Crippen LogP contribution in [0, 0.1) is 11.7 Å². The predicted molar refractivity (Wildman–Crippen MR) is 139 cm³/mol. The number of halogens is 2. The van der Waals surface area contributed by atoms with Gasteiger partial charge in [-0.3, -0.25) is 4.99 Å². The summed E-state index contributed by atoms with van der Waals surface area (Å²) < 4.78 is 22.3. The van der Waals surface area contributed by atoms with Crippen LogP contribution in [-0.2, 0) is 19.4 Å². The summed E-state index contributed by atoms with van der Waals surface area (Å²) in [6.45, 7) is 4.42.